The molecule has 1 aliphatic carbocycles. The molecule has 2 rings (SSSR count). The van der Waals surface area contributed by atoms with Gasteiger partial charge in [0.2, 0.25) is 0 Å². The minimum atomic E-state index is -0.855. The van der Waals surface area contributed by atoms with Crippen LogP contribution < -0.4 is 5.32 Å². The topological polar surface area (TPSA) is 73.9 Å². The van der Waals surface area contributed by atoms with Crippen molar-refractivity contribution >= 4 is 11.9 Å². The first-order valence-electron chi connectivity index (χ1n) is 6.42. The van der Waals surface area contributed by atoms with Gasteiger partial charge in [0.1, 0.15) is 6.10 Å². The molecule has 2 fully saturated rings. The summed E-state index contributed by atoms with van der Waals surface area (Å²) in [6.45, 7) is 2.59. The summed E-state index contributed by atoms with van der Waals surface area (Å²) in [6, 6.07) is 0. The van der Waals surface area contributed by atoms with E-state index in [4.69, 9.17) is 9.47 Å². The van der Waals surface area contributed by atoms with Gasteiger partial charge in [0.15, 0.2) is 5.79 Å². The van der Waals surface area contributed by atoms with Crippen molar-refractivity contribution in [3.63, 3.8) is 0 Å². The summed E-state index contributed by atoms with van der Waals surface area (Å²) in [5.74, 6) is -2.01. The second-order valence-corrected chi connectivity index (χ2v) is 4.60. The highest BCUT2D eigenvalue weighted by atomic mass is 16.7. The van der Waals surface area contributed by atoms with Crippen molar-refractivity contribution in [3.8, 4) is 0 Å². The van der Waals surface area contributed by atoms with Gasteiger partial charge >= 0.3 is 11.9 Å². The lowest BCUT2D eigenvalue weighted by Gasteiger charge is -2.21. The minimum Gasteiger partial charge on any atom is -0.459 e. The molecule has 1 atom stereocenters. The summed E-state index contributed by atoms with van der Waals surface area (Å²) in [6.07, 6.45) is 3.87. The molecule has 6 heteroatoms. The molecule has 1 aliphatic heterocycles. The summed E-state index contributed by atoms with van der Waals surface area (Å²) < 4.78 is 16.1. The highest BCUT2D eigenvalue weighted by Crippen LogP contribution is 2.38. The fourth-order valence-corrected chi connectivity index (χ4v) is 2.37. The second-order valence-electron chi connectivity index (χ2n) is 4.60. The summed E-state index contributed by atoms with van der Waals surface area (Å²) in [5.41, 5.74) is 0. The highest BCUT2D eigenvalue weighted by molar-refractivity contribution is 6.32. The molecule has 0 unspecified atom stereocenters. The van der Waals surface area contributed by atoms with Crippen molar-refractivity contribution in [1.82, 2.24) is 5.32 Å². The number of ether oxygens (including phenoxy) is 3. The Hall–Kier alpha value is -1.14. The first-order chi connectivity index (χ1) is 8.65. The third-order valence-electron chi connectivity index (χ3n) is 3.23. The van der Waals surface area contributed by atoms with E-state index in [-0.39, 0.29) is 19.3 Å². The SMILES string of the molecule is CCOC(=O)C(=O)NC[C@@H]1COC2(CCCC2)O1. The molecule has 0 bridgehead atoms. The predicted molar refractivity (Wildman–Crippen MR) is 61.7 cm³/mol. The number of carbonyl (C=O) groups excluding carboxylic acids is 2. The van der Waals surface area contributed by atoms with Crippen LogP contribution in [0.5, 0.6) is 0 Å². The Kier molecular flexibility index (Phi) is 4.19. The summed E-state index contributed by atoms with van der Waals surface area (Å²) >= 11 is 0. The summed E-state index contributed by atoms with van der Waals surface area (Å²) in [5, 5.41) is 2.50. The standard InChI is InChI=1S/C12H19NO5/c1-2-16-11(15)10(14)13-7-9-8-17-12(18-9)5-3-4-6-12/h9H,2-8H2,1H3,(H,13,14)/t9-/m1/s1. The molecular formula is C12H19NO5. The maximum Gasteiger partial charge on any atom is 0.396 e. The van der Waals surface area contributed by atoms with Crippen LogP contribution >= 0.6 is 0 Å². The van der Waals surface area contributed by atoms with Crippen molar-refractivity contribution in [1.29, 1.82) is 0 Å². The van der Waals surface area contributed by atoms with Gasteiger partial charge in [-0.25, -0.2) is 4.79 Å². The van der Waals surface area contributed by atoms with E-state index < -0.39 is 17.7 Å². The normalized spacial score (nSPS) is 25.3. The number of hydrogen-bond acceptors (Lipinski definition) is 5. The molecule has 1 saturated heterocycles. The van der Waals surface area contributed by atoms with Crippen molar-refractivity contribution in [2.75, 3.05) is 19.8 Å². The quantitative estimate of drug-likeness (QED) is 0.583. The first-order valence-corrected chi connectivity index (χ1v) is 6.42. The van der Waals surface area contributed by atoms with Crippen LogP contribution in [-0.4, -0.2) is 43.5 Å². The van der Waals surface area contributed by atoms with Crippen LogP contribution in [0.1, 0.15) is 32.6 Å². The number of carbonyl (C=O) groups is 2. The van der Waals surface area contributed by atoms with Crippen LogP contribution in [0.25, 0.3) is 0 Å². The van der Waals surface area contributed by atoms with Crippen LogP contribution in [0, 0.1) is 0 Å². The number of hydrogen-bond donors (Lipinski definition) is 1. The smallest absolute Gasteiger partial charge is 0.396 e. The Morgan fingerprint density at radius 3 is 2.78 bits per heavy atom. The zero-order valence-electron chi connectivity index (χ0n) is 10.6. The van der Waals surface area contributed by atoms with Crippen LogP contribution in [0.3, 0.4) is 0 Å². The van der Waals surface area contributed by atoms with Gasteiger partial charge in [0.05, 0.1) is 13.2 Å². The van der Waals surface area contributed by atoms with Crippen molar-refractivity contribution in [3.05, 3.63) is 0 Å². The van der Waals surface area contributed by atoms with E-state index in [1.807, 2.05) is 0 Å². The van der Waals surface area contributed by atoms with Crippen LogP contribution in [0.15, 0.2) is 0 Å². The van der Waals surface area contributed by atoms with E-state index in [2.05, 4.69) is 10.1 Å². The molecule has 1 N–H and O–H groups in total. The minimum absolute atomic E-state index is 0.179. The van der Waals surface area contributed by atoms with Gasteiger partial charge in [-0.1, -0.05) is 0 Å². The Morgan fingerprint density at radius 2 is 2.11 bits per heavy atom. The zero-order chi connectivity index (χ0) is 13.0. The monoisotopic (exact) mass is 257 g/mol. The lowest BCUT2D eigenvalue weighted by molar-refractivity contribution is -0.162. The van der Waals surface area contributed by atoms with Crippen LogP contribution in [-0.2, 0) is 23.8 Å². The molecule has 18 heavy (non-hydrogen) atoms. The number of rotatable bonds is 3. The molecule has 1 amide bonds. The van der Waals surface area contributed by atoms with E-state index in [0.29, 0.717) is 6.61 Å². The zero-order valence-corrected chi connectivity index (χ0v) is 10.6. The lowest BCUT2D eigenvalue weighted by atomic mass is 10.2. The van der Waals surface area contributed by atoms with E-state index in [1.165, 1.54) is 0 Å². The fraction of sp³-hybridized carbons (Fsp3) is 0.833. The number of amides is 1. The Balaban J connectivity index is 1.72. The number of esters is 1. The molecule has 0 aromatic rings. The van der Waals surface area contributed by atoms with Crippen LogP contribution in [0.2, 0.25) is 0 Å². The van der Waals surface area contributed by atoms with E-state index >= 15 is 0 Å². The summed E-state index contributed by atoms with van der Waals surface area (Å²) in [7, 11) is 0. The van der Waals surface area contributed by atoms with Crippen molar-refractivity contribution < 1.29 is 23.8 Å². The lowest BCUT2D eigenvalue weighted by Crippen LogP contribution is -2.39. The van der Waals surface area contributed by atoms with Crippen molar-refractivity contribution in [2.45, 2.75) is 44.5 Å². The van der Waals surface area contributed by atoms with Gasteiger partial charge in [0, 0.05) is 19.4 Å². The molecule has 0 radical (unpaired) electrons. The third kappa shape index (κ3) is 3.00. The fourth-order valence-electron chi connectivity index (χ4n) is 2.37. The molecular weight excluding hydrogens is 238 g/mol. The Labute approximate surface area is 106 Å². The Morgan fingerprint density at radius 1 is 1.39 bits per heavy atom. The van der Waals surface area contributed by atoms with Gasteiger partial charge in [-0.05, 0) is 19.8 Å². The van der Waals surface area contributed by atoms with E-state index in [9.17, 15) is 9.59 Å². The highest BCUT2D eigenvalue weighted by Gasteiger charge is 2.43. The van der Waals surface area contributed by atoms with E-state index in [1.54, 1.807) is 6.92 Å². The molecule has 1 heterocycles. The number of nitrogens with one attached hydrogen (secondary N) is 1. The molecule has 0 aromatic heterocycles. The van der Waals surface area contributed by atoms with Crippen LogP contribution in [0.4, 0.5) is 0 Å². The van der Waals surface area contributed by atoms with Crippen molar-refractivity contribution in [2.24, 2.45) is 0 Å². The van der Waals surface area contributed by atoms with Gasteiger partial charge < -0.3 is 19.5 Å². The maximum atomic E-state index is 11.3. The molecule has 0 aromatic carbocycles. The van der Waals surface area contributed by atoms with Gasteiger partial charge in [-0.2, -0.15) is 0 Å². The molecule has 1 spiro atoms. The summed E-state index contributed by atoms with van der Waals surface area (Å²) in [4.78, 5) is 22.4. The predicted octanol–water partition coefficient (Wildman–Crippen LogP) is 0.351. The average Bonchev–Trinajstić information content (AvgIpc) is 2.98. The first kappa shape index (κ1) is 13.3. The molecule has 2 aliphatic rings. The molecule has 1 saturated carbocycles. The van der Waals surface area contributed by atoms with Gasteiger partial charge in [-0.15, -0.1) is 0 Å². The third-order valence-corrected chi connectivity index (χ3v) is 3.23. The average molecular weight is 257 g/mol. The van der Waals surface area contributed by atoms with Gasteiger partial charge in [0.25, 0.3) is 0 Å². The largest absolute Gasteiger partial charge is 0.459 e. The maximum absolute atomic E-state index is 11.3. The Bertz CT molecular complexity index is 324. The second kappa shape index (κ2) is 5.67. The molecule has 102 valence electrons. The van der Waals surface area contributed by atoms with E-state index in [0.717, 1.165) is 25.7 Å². The molecule has 6 nitrogen and oxygen atoms in total. The van der Waals surface area contributed by atoms with Gasteiger partial charge in [-0.3, -0.25) is 4.79 Å².